The summed E-state index contributed by atoms with van der Waals surface area (Å²) < 4.78 is 7.76. The van der Waals surface area contributed by atoms with Gasteiger partial charge < -0.3 is 4.74 Å². The maximum absolute atomic E-state index is 13.2. The normalized spacial score (nSPS) is 11.0. The standard InChI is InChI=1S/C19H16ClN5O2S/c1-24-10-7-14(23-24)18(26)25(11-12-5-8-21-9-6-12)19-22-16-15(27-2)4-3-13(20)17(16)28-19/h3-10H,11H2,1-2H3. The van der Waals surface area contributed by atoms with Crippen molar-refractivity contribution in [2.75, 3.05) is 12.0 Å². The van der Waals surface area contributed by atoms with Crippen LogP contribution in [0.1, 0.15) is 16.1 Å². The summed E-state index contributed by atoms with van der Waals surface area (Å²) in [6.07, 6.45) is 5.12. The summed E-state index contributed by atoms with van der Waals surface area (Å²) in [6.45, 7) is 0.331. The van der Waals surface area contributed by atoms with Crippen LogP contribution in [0.3, 0.4) is 0 Å². The van der Waals surface area contributed by atoms with E-state index in [4.69, 9.17) is 16.3 Å². The number of carbonyl (C=O) groups excluding carboxylic acids is 1. The van der Waals surface area contributed by atoms with Gasteiger partial charge in [-0.25, -0.2) is 4.98 Å². The number of methoxy groups -OCH3 is 1. The molecule has 7 nitrogen and oxygen atoms in total. The Kier molecular flexibility index (Phi) is 4.97. The highest BCUT2D eigenvalue weighted by atomic mass is 35.5. The Hall–Kier alpha value is -2.97. The van der Waals surface area contributed by atoms with E-state index < -0.39 is 0 Å². The van der Waals surface area contributed by atoms with Crippen molar-refractivity contribution in [3.8, 4) is 5.75 Å². The molecule has 28 heavy (non-hydrogen) atoms. The molecule has 0 saturated heterocycles. The first-order valence-corrected chi connectivity index (χ1v) is 9.59. The van der Waals surface area contributed by atoms with Gasteiger partial charge in [-0.05, 0) is 35.9 Å². The van der Waals surface area contributed by atoms with Crippen LogP contribution in [-0.2, 0) is 13.6 Å². The molecule has 0 aliphatic heterocycles. The van der Waals surface area contributed by atoms with Gasteiger partial charge in [-0.2, -0.15) is 5.10 Å². The number of rotatable bonds is 5. The van der Waals surface area contributed by atoms with Gasteiger partial charge in [-0.3, -0.25) is 19.4 Å². The topological polar surface area (TPSA) is 73.1 Å². The molecule has 142 valence electrons. The number of halogens is 1. The predicted octanol–water partition coefficient (Wildman–Crippen LogP) is 3.93. The molecule has 0 atom stereocenters. The van der Waals surface area contributed by atoms with Crippen molar-refractivity contribution >= 4 is 44.2 Å². The minimum absolute atomic E-state index is 0.244. The molecule has 0 saturated carbocycles. The summed E-state index contributed by atoms with van der Waals surface area (Å²) in [4.78, 5) is 23.5. The first kappa shape index (κ1) is 18.4. The summed E-state index contributed by atoms with van der Waals surface area (Å²) in [7, 11) is 3.35. The Morgan fingerprint density at radius 3 is 2.71 bits per heavy atom. The Morgan fingerprint density at radius 1 is 1.25 bits per heavy atom. The van der Waals surface area contributed by atoms with E-state index in [0.717, 1.165) is 10.3 Å². The highest BCUT2D eigenvalue weighted by molar-refractivity contribution is 7.23. The fourth-order valence-electron chi connectivity index (χ4n) is 2.79. The fraction of sp³-hybridized carbons (Fsp3) is 0.158. The minimum atomic E-state index is -0.244. The molecular formula is C19H16ClN5O2S. The first-order valence-electron chi connectivity index (χ1n) is 8.40. The van der Waals surface area contributed by atoms with E-state index in [1.807, 2.05) is 12.1 Å². The molecule has 0 aliphatic carbocycles. The molecule has 4 rings (SSSR count). The van der Waals surface area contributed by atoms with Gasteiger partial charge in [0.1, 0.15) is 11.3 Å². The number of aromatic nitrogens is 4. The Labute approximate surface area is 170 Å². The van der Waals surface area contributed by atoms with Gasteiger partial charge >= 0.3 is 0 Å². The molecule has 9 heteroatoms. The number of fused-ring (bicyclic) bond motifs is 1. The Bertz CT molecular complexity index is 1140. The number of hydrogen-bond donors (Lipinski definition) is 0. The number of anilines is 1. The predicted molar refractivity (Wildman–Crippen MR) is 109 cm³/mol. The van der Waals surface area contributed by atoms with Gasteiger partial charge in [0, 0.05) is 25.6 Å². The third kappa shape index (κ3) is 3.44. The van der Waals surface area contributed by atoms with Crippen molar-refractivity contribution in [3.63, 3.8) is 0 Å². The van der Waals surface area contributed by atoms with E-state index in [2.05, 4.69) is 15.1 Å². The molecule has 0 aliphatic rings. The zero-order chi connectivity index (χ0) is 19.7. The minimum Gasteiger partial charge on any atom is -0.494 e. The molecule has 3 heterocycles. The van der Waals surface area contributed by atoms with Crippen LogP contribution in [0.2, 0.25) is 5.02 Å². The molecular weight excluding hydrogens is 398 g/mol. The second kappa shape index (κ2) is 7.57. The largest absolute Gasteiger partial charge is 0.494 e. The average Bonchev–Trinajstić information content (AvgIpc) is 3.34. The van der Waals surface area contributed by atoms with Gasteiger partial charge in [0.05, 0.1) is 23.4 Å². The summed E-state index contributed by atoms with van der Waals surface area (Å²) in [5.41, 5.74) is 1.90. The molecule has 0 radical (unpaired) electrons. The van der Waals surface area contributed by atoms with Crippen molar-refractivity contribution in [2.45, 2.75) is 6.54 Å². The van der Waals surface area contributed by atoms with Gasteiger partial charge in [0.25, 0.3) is 5.91 Å². The van der Waals surface area contributed by atoms with Crippen LogP contribution in [0.4, 0.5) is 5.13 Å². The van der Waals surface area contributed by atoms with E-state index in [-0.39, 0.29) is 5.91 Å². The lowest BCUT2D eigenvalue weighted by atomic mass is 10.2. The summed E-state index contributed by atoms with van der Waals surface area (Å²) in [5.74, 6) is 0.364. The number of pyridine rings is 1. The molecule has 1 aromatic carbocycles. The van der Waals surface area contributed by atoms with Crippen LogP contribution in [0, 0.1) is 0 Å². The second-order valence-electron chi connectivity index (χ2n) is 6.05. The smallest absolute Gasteiger partial charge is 0.280 e. The van der Waals surface area contributed by atoms with Gasteiger partial charge in [-0.15, -0.1) is 0 Å². The molecule has 0 N–H and O–H groups in total. The van der Waals surface area contributed by atoms with E-state index in [1.165, 1.54) is 11.3 Å². The molecule has 1 amide bonds. The number of carbonyl (C=O) groups is 1. The molecule has 0 bridgehead atoms. The Balaban J connectivity index is 1.82. The monoisotopic (exact) mass is 413 g/mol. The van der Waals surface area contributed by atoms with Crippen molar-refractivity contribution in [2.24, 2.45) is 7.05 Å². The third-order valence-electron chi connectivity index (χ3n) is 4.17. The van der Waals surface area contributed by atoms with E-state index in [1.54, 1.807) is 60.5 Å². The van der Waals surface area contributed by atoms with Crippen LogP contribution >= 0.6 is 22.9 Å². The summed E-state index contributed by atoms with van der Waals surface area (Å²) >= 11 is 7.69. The molecule has 4 aromatic rings. The third-order valence-corrected chi connectivity index (χ3v) is 5.70. The molecule has 3 aromatic heterocycles. The van der Waals surface area contributed by atoms with Crippen molar-refractivity contribution in [1.29, 1.82) is 0 Å². The molecule has 0 fully saturated rings. The van der Waals surface area contributed by atoms with Gasteiger partial charge in [0.15, 0.2) is 10.8 Å². The first-order chi connectivity index (χ1) is 13.6. The molecule has 0 spiro atoms. The lowest BCUT2D eigenvalue weighted by Gasteiger charge is -2.18. The summed E-state index contributed by atoms with van der Waals surface area (Å²) in [5, 5.41) is 5.33. The quantitative estimate of drug-likeness (QED) is 0.495. The van der Waals surface area contributed by atoms with E-state index in [9.17, 15) is 4.79 Å². The van der Waals surface area contributed by atoms with Crippen LogP contribution < -0.4 is 9.64 Å². The number of benzene rings is 1. The SMILES string of the molecule is COc1ccc(Cl)c2sc(N(Cc3ccncc3)C(=O)c3ccn(C)n3)nc12. The van der Waals surface area contributed by atoms with Crippen LogP contribution in [0.15, 0.2) is 48.9 Å². The lowest BCUT2D eigenvalue weighted by Crippen LogP contribution is -2.30. The highest BCUT2D eigenvalue weighted by Gasteiger charge is 2.25. The van der Waals surface area contributed by atoms with Crippen LogP contribution in [0.5, 0.6) is 5.75 Å². The fourth-order valence-corrected chi connectivity index (χ4v) is 4.04. The zero-order valence-electron chi connectivity index (χ0n) is 15.2. The average molecular weight is 414 g/mol. The van der Waals surface area contributed by atoms with E-state index >= 15 is 0 Å². The number of thiazole rings is 1. The summed E-state index contributed by atoms with van der Waals surface area (Å²) in [6, 6.07) is 8.93. The van der Waals surface area contributed by atoms with Crippen molar-refractivity contribution in [3.05, 3.63) is 65.2 Å². The van der Waals surface area contributed by atoms with Crippen molar-refractivity contribution in [1.82, 2.24) is 19.7 Å². The Morgan fingerprint density at radius 2 is 2.04 bits per heavy atom. The highest BCUT2D eigenvalue weighted by Crippen LogP contribution is 2.39. The molecule has 0 unspecified atom stereocenters. The number of nitrogens with zero attached hydrogens (tertiary/aromatic N) is 5. The number of amides is 1. The number of hydrogen-bond acceptors (Lipinski definition) is 6. The second-order valence-corrected chi connectivity index (χ2v) is 7.43. The van der Waals surface area contributed by atoms with E-state index in [0.29, 0.717) is 33.7 Å². The maximum atomic E-state index is 13.2. The number of aryl methyl sites for hydroxylation is 1. The van der Waals surface area contributed by atoms with Crippen molar-refractivity contribution < 1.29 is 9.53 Å². The zero-order valence-corrected chi connectivity index (χ0v) is 16.7. The maximum Gasteiger partial charge on any atom is 0.280 e. The van der Waals surface area contributed by atoms with Gasteiger partial charge in [-0.1, -0.05) is 22.9 Å². The number of ether oxygens (including phenoxy) is 1. The van der Waals surface area contributed by atoms with Crippen LogP contribution in [-0.4, -0.2) is 32.8 Å². The van der Waals surface area contributed by atoms with Gasteiger partial charge in [0.2, 0.25) is 0 Å². The lowest BCUT2D eigenvalue weighted by molar-refractivity contribution is 0.0979. The van der Waals surface area contributed by atoms with Crippen LogP contribution in [0.25, 0.3) is 10.2 Å².